The lowest BCUT2D eigenvalue weighted by Crippen LogP contribution is -1.91. The van der Waals surface area contributed by atoms with Crippen LogP contribution in [0.1, 0.15) is 32.6 Å². The zero-order chi connectivity index (χ0) is 7.40. The standard InChI is InChI=1S/C9H17N/c1-3-5-6-7-9-8-10(9)4-2/h4,9H,2-3,5-8H2,1H3. The van der Waals surface area contributed by atoms with E-state index in [1.165, 1.54) is 32.2 Å². The lowest BCUT2D eigenvalue weighted by Gasteiger charge is -1.96. The van der Waals surface area contributed by atoms with Crippen LogP contribution in [0.2, 0.25) is 0 Å². The van der Waals surface area contributed by atoms with E-state index in [1.54, 1.807) is 0 Å². The van der Waals surface area contributed by atoms with Crippen molar-refractivity contribution < 1.29 is 0 Å². The lowest BCUT2D eigenvalue weighted by atomic mass is 10.2. The molecule has 0 spiro atoms. The quantitative estimate of drug-likeness (QED) is 0.417. The van der Waals surface area contributed by atoms with Gasteiger partial charge in [-0.3, -0.25) is 0 Å². The van der Waals surface area contributed by atoms with Gasteiger partial charge in [-0.25, -0.2) is 0 Å². The van der Waals surface area contributed by atoms with E-state index in [2.05, 4.69) is 18.4 Å². The van der Waals surface area contributed by atoms with Crippen LogP contribution in [0.25, 0.3) is 0 Å². The van der Waals surface area contributed by atoms with Crippen LogP contribution >= 0.6 is 0 Å². The molecule has 10 heavy (non-hydrogen) atoms. The molecule has 0 bridgehead atoms. The van der Waals surface area contributed by atoms with Crippen LogP contribution in [0.4, 0.5) is 0 Å². The minimum absolute atomic E-state index is 0.851. The Labute approximate surface area is 63.7 Å². The molecular weight excluding hydrogens is 122 g/mol. The van der Waals surface area contributed by atoms with E-state index < -0.39 is 0 Å². The summed E-state index contributed by atoms with van der Waals surface area (Å²) in [4.78, 5) is 2.30. The summed E-state index contributed by atoms with van der Waals surface area (Å²) in [6.07, 6.45) is 7.45. The van der Waals surface area contributed by atoms with Gasteiger partial charge in [-0.1, -0.05) is 32.8 Å². The van der Waals surface area contributed by atoms with Crippen LogP contribution in [0.15, 0.2) is 12.8 Å². The first-order valence-corrected chi connectivity index (χ1v) is 4.26. The SMILES string of the molecule is C=CN1CC1CCCCC. The van der Waals surface area contributed by atoms with Crippen LogP contribution in [-0.2, 0) is 0 Å². The summed E-state index contributed by atoms with van der Waals surface area (Å²) < 4.78 is 0. The number of rotatable bonds is 5. The molecule has 1 heterocycles. The second-order valence-electron chi connectivity index (χ2n) is 3.03. The van der Waals surface area contributed by atoms with Crippen LogP contribution in [0.5, 0.6) is 0 Å². The van der Waals surface area contributed by atoms with Gasteiger partial charge in [0.2, 0.25) is 0 Å². The minimum Gasteiger partial charge on any atom is -0.371 e. The Balaban J connectivity index is 1.91. The normalized spacial score (nSPS) is 22.9. The van der Waals surface area contributed by atoms with Crippen LogP contribution in [-0.4, -0.2) is 17.5 Å². The highest BCUT2D eigenvalue weighted by Crippen LogP contribution is 2.22. The maximum absolute atomic E-state index is 3.73. The molecule has 58 valence electrons. The van der Waals surface area contributed by atoms with Gasteiger partial charge in [-0.05, 0) is 12.6 Å². The van der Waals surface area contributed by atoms with Gasteiger partial charge in [-0.2, -0.15) is 0 Å². The fraction of sp³-hybridized carbons (Fsp3) is 0.778. The van der Waals surface area contributed by atoms with Crippen molar-refractivity contribution >= 4 is 0 Å². The van der Waals surface area contributed by atoms with Gasteiger partial charge < -0.3 is 4.90 Å². The topological polar surface area (TPSA) is 3.01 Å². The van der Waals surface area contributed by atoms with Gasteiger partial charge in [0.25, 0.3) is 0 Å². The molecule has 1 aliphatic rings. The first kappa shape index (κ1) is 7.64. The maximum Gasteiger partial charge on any atom is 0.0460 e. The fourth-order valence-electron chi connectivity index (χ4n) is 1.31. The molecule has 0 radical (unpaired) electrons. The predicted molar refractivity (Wildman–Crippen MR) is 44.8 cm³/mol. The lowest BCUT2D eigenvalue weighted by molar-refractivity contribution is 0.587. The summed E-state index contributed by atoms with van der Waals surface area (Å²) in [6, 6.07) is 0.851. The predicted octanol–water partition coefficient (Wildman–Crippen LogP) is 2.39. The van der Waals surface area contributed by atoms with Crippen molar-refractivity contribution in [2.45, 2.75) is 38.6 Å². The van der Waals surface area contributed by atoms with Crippen LogP contribution in [0, 0.1) is 0 Å². The third kappa shape index (κ3) is 2.05. The Morgan fingerprint density at radius 2 is 2.40 bits per heavy atom. The largest absolute Gasteiger partial charge is 0.371 e. The second-order valence-corrected chi connectivity index (χ2v) is 3.03. The molecule has 0 aromatic carbocycles. The Morgan fingerprint density at radius 1 is 1.60 bits per heavy atom. The zero-order valence-corrected chi connectivity index (χ0v) is 6.84. The number of nitrogens with zero attached hydrogens (tertiary/aromatic N) is 1. The molecule has 0 aromatic rings. The molecule has 1 aliphatic heterocycles. The molecule has 1 unspecified atom stereocenters. The molecule has 1 nitrogen and oxygen atoms in total. The van der Waals surface area contributed by atoms with Gasteiger partial charge >= 0.3 is 0 Å². The summed E-state index contributed by atoms with van der Waals surface area (Å²) >= 11 is 0. The number of unbranched alkanes of at least 4 members (excludes halogenated alkanes) is 2. The fourth-order valence-corrected chi connectivity index (χ4v) is 1.31. The molecule has 0 aromatic heterocycles. The Hall–Kier alpha value is -0.460. The van der Waals surface area contributed by atoms with E-state index in [-0.39, 0.29) is 0 Å². The molecule has 0 saturated carbocycles. The van der Waals surface area contributed by atoms with Crippen molar-refractivity contribution in [3.8, 4) is 0 Å². The molecule has 1 saturated heterocycles. The Kier molecular flexibility index (Phi) is 2.79. The average Bonchev–Trinajstić information content (AvgIpc) is 2.68. The van der Waals surface area contributed by atoms with E-state index in [4.69, 9.17) is 0 Å². The summed E-state index contributed by atoms with van der Waals surface area (Å²) in [5, 5.41) is 0. The molecule has 1 fully saturated rings. The third-order valence-corrected chi connectivity index (χ3v) is 2.13. The number of hydrogen-bond acceptors (Lipinski definition) is 1. The molecule has 1 rings (SSSR count). The summed E-state index contributed by atoms with van der Waals surface area (Å²) in [5.41, 5.74) is 0. The second kappa shape index (κ2) is 3.65. The highest BCUT2D eigenvalue weighted by Gasteiger charge is 2.28. The van der Waals surface area contributed by atoms with Crippen LogP contribution in [0.3, 0.4) is 0 Å². The average molecular weight is 139 g/mol. The van der Waals surface area contributed by atoms with Crippen molar-refractivity contribution in [2.24, 2.45) is 0 Å². The minimum atomic E-state index is 0.851. The van der Waals surface area contributed by atoms with E-state index >= 15 is 0 Å². The van der Waals surface area contributed by atoms with Gasteiger partial charge in [0.1, 0.15) is 0 Å². The van der Waals surface area contributed by atoms with E-state index in [9.17, 15) is 0 Å². The molecule has 1 atom stereocenters. The van der Waals surface area contributed by atoms with Crippen molar-refractivity contribution in [1.82, 2.24) is 4.90 Å². The van der Waals surface area contributed by atoms with Crippen LogP contribution < -0.4 is 0 Å². The monoisotopic (exact) mass is 139 g/mol. The van der Waals surface area contributed by atoms with E-state index in [0.717, 1.165) is 6.04 Å². The summed E-state index contributed by atoms with van der Waals surface area (Å²) in [7, 11) is 0. The van der Waals surface area contributed by atoms with E-state index in [0.29, 0.717) is 0 Å². The highest BCUT2D eigenvalue weighted by atomic mass is 15.3. The van der Waals surface area contributed by atoms with Gasteiger partial charge in [-0.15, -0.1) is 0 Å². The summed E-state index contributed by atoms with van der Waals surface area (Å²) in [6.45, 7) is 7.23. The van der Waals surface area contributed by atoms with E-state index in [1.807, 2.05) is 6.20 Å². The van der Waals surface area contributed by atoms with Gasteiger partial charge in [0.15, 0.2) is 0 Å². The molecule has 0 N–H and O–H groups in total. The first-order valence-electron chi connectivity index (χ1n) is 4.26. The zero-order valence-electron chi connectivity index (χ0n) is 6.84. The van der Waals surface area contributed by atoms with Crippen molar-refractivity contribution in [2.75, 3.05) is 6.54 Å². The summed E-state index contributed by atoms with van der Waals surface area (Å²) in [5.74, 6) is 0. The first-order chi connectivity index (χ1) is 4.88. The van der Waals surface area contributed by atoms with Crippen molar-refractivity contribution in [3.63, 3.8) is 0 Å². The molecular formula is C9H17N. The third-order valence-electron chi connectivity index (χ3n) is 2.13. The smallest absolute Gasteiger partial charge is 0.0460 e. The van der Waals surface area contributed by atoms with Gasteiger partial charge in [0, 0.05) is 12.6 Å². The molecule has 0 aliphatic carbocycles. The molecule has 0 amide bonds. The highest BCUT2D eigenvalue weighted by molar-refractivity contribution is 4.95. The molecule has 1 heteroatoms. The van der Waals surface area contributed by atoms with Crippen molar-refractivity contribution in [3.05, 3.63) is 12.8 Å². The maximum atomic E-state index is 3.73. The van der Waals surface area contributed by atoms with Crippen molar-refractivity contribution in [1.29, 1.82) is 0 Å². The van der Waals surface area contributed by atoms with Gasteiger partial charge in [0.05, 0.1) is 0 Å². The Bertz CT molecular complexity index is 109. The number of hydrogen-bond donors (Lipinski definition) is 0. The Morgan fingerprint density at radius 3 is 2.90 bits per heavy atom.